The number of hydrogen-bond donors (Lipinski definition) is 1. The van der Waals surface area contributed by atoms with E-state index < -0.39 is 15.8 Å². The normalized spacial score (nSPS) is 12.7. The molecule has 0 aliphatic heterocycles. The van der Waals surface area contributed by atoms with E-state index in [1.54, 1.807) is 11.8 Å². The highest BCUT2D eigenvalue weighted by Crippen LogP contribution is 2.24. The molecule has 18 heavy (non-hydrogen) atoms. The summed E-state index contributed by atoms with van der Waals surface area (Å²) in [5.74, 6) is -0.481. The van der Waals surface area contributed by atoms with Crippen molar-refractivity contribution in [3.63, 3.8) is 0 Å². The smallest absolute Gasteiger partial charge is 0.210 e. The van der Waals surface area contributed by atoms with Crippen LogP contribution in [0.1, 0.15) is 13.8 Å². The molecule has 0 bridgehead atoms. The quantitative estimate of drug-likeness (QED) is 0.882. The summed E-state index contributed by atoms with van der Waals surface area (Å²) in [7, 11) is -3.63. The summed E-state index contributed by atoms with van der Waals surface area (Å²) in [5, 5.41) is 0. The zero-order valence-electron chi connectivity index (χ0n) is 10.3. The van der Waals surface area contributed by atoms with Crippen LogP contribution in [-0.2, 0) is 10.0 Å². The first kappa shape index (κ1) is 15.9. The van der Waals surface area contributed by atoms with Gasteiger partial charge in [0.15, 0.2) is 0 Å². The second kappa shape index (κ2) is 5.90. The zero-order valence-corrected chi connectivity index (χ0v) is 13.5. The maximum atomic E-state index is 12.9. The van der Waals surface area contributed by atoms with Gasteiger partial charge in [-0.3, -0.25) is 0 Å². The predicted octanol–water partition coefficient (Wildman–Crippen LogP) is 3.01. The van der Waals surface area contributed by atoms with E-state index in [2.05, 4.69) is 20.7 Å². The molecule has 0 amide bonds. The lowest BCUT2D eigenvalue weighted by Gasteiger charge is -2.22. The van der Waals surface area contributed by atoms with Crippen molar-refractivity contribution in [3.8, 4) is 0 Å². The number of rotatable bonds is 5. The Bertz CT molecular complexity index is 532. The average Bonchev–Trinajstić information content (AvgIpc) is 2.26. The molecular weight excluding hydrogens is 341 g/mol. The average molecular weight is 356 g/mol. The van der Waals surface area contributed by atoms with Crippen LogP contribution in [0.15, 0.2) is 27.6 Å². The Hall–Kier alpha value is -0.110. The lowest BCUT2D eigenvalue weighted by Crippen LogP contribution is -2.36. The zero-order chi connectivity index (χ0) is 14.0. The SMILES string of the molecule is CSC(C)(C)CNS(=O)(=O)c1ccc(F)cc1Br. The summed E-state index contributed by atoms with van der Waals surface area (Å²) >= 11 is 4.63. The molecule has 0 atom stereocenters. The van der Waals surface area contributed by atoms with E-state index in [0.29, 0.717) is 6.54 Å². The number of thioether (sulfide) groups is 1. The molecule has 0 saturated heterocycles. The van der Waals surface area contributed by atoms with Gasteiger partial charge in [-0.25, -0.2) is 17.5 Å². The predicted molar refractivity (Wildman–Crippen MR) is 76.9 cm³/mol. The Morgan fingerprint density at radius 3 is 2.56 bits per heavy atom. The van der Waals surface area contributed by atoms with Crippen molar-refractivity contribution in [2.75, 3.05) is 12.8 Å². The summed E-state index contributed by atoms with van der Waals surface area (Å²) in [5.41, 5.74) is 0. The third-order valence-corrected chi connectivity index (χ3v) is 6.05. The number of benzene rings is 1. The van der Waals surface area contributed by atoms with Gasteiger partial charge in [0, 0.05) is 15.8 Å². The monoisotopic (exact) mass is 355 g/mol. The molecule has 0 saturated carbocycles. The number of hydrogen-bond acceptors (Lipinski definition) is 3. The van der Waals surface area contributed by atoms with Gasteiger partial charge in [0.2, 0.25) is 10.0 Å². The van der Waals surface area contributed by atoms with Crippen LogP contribution in [0.4, 0.5) is 4.39 Å². The summed E-state index contributed by atoms with van der Waals surface area (Å²) in [6.07, 6.45) is 1.92. The van der Waals surface area contributed by atoms with E-state index in [1.807, 2.05) is 20.1 Å². The number of sulfonamides is 1. The molecule has 0 aromatic heterocycles. The highest BCUT2D eigenvalue weighted by Gasteiger charge is 2.23. The van der Waals surface area contributed by atoms with Crippen molar-refractivity contribution in [2.24, 2.45) is 0 Å². The fourth-order valence-electron chi connectivity index (χ4n) is 1.11. The van der Waals surface area contributed by atoms with Crippen LogP contribution < -0.4 is 4.72 Å². The van der Waals surface area contributed by atoms with Crippen LogP contribution in [-0.4, -0.2) is 26.0 Å². The maximum Gasteiger partial charge on any atom is 0.241 e. The van der Waals surface area contributed by atoms with Gasteiger partial charge >= 0.3 is 0 Å². The molecule has 3 nitrogen and oxygen atoms in total. The molecule has 0 heterocycles. The van der Waals surface area contributed by atoms with E-state index in [0.717, 1.165) is 12.1 Å². The second-order valence-electron chi connectivity index (χ2n) is 4.36. The summed E-state index contributed by atoms with van der Waals surface area (Å²) in [6.45, 7) is 4.19. The minimum atomic E-state index is -3.63. The van der Waals surface area contributed by atoms with Gasteiger partial charge in [-0.15, -0.1) is 0 Å². The number of nitrogens with one attached hydrogen (secondary N) is 1. The van der Waals surface area contributed by atoms with Crippen LogP contribution in [0, 0.1) is 5.82 Å². The first-order valence-corrected chi connectivity index (χ1v) is 8.68. The van der Waals surface area contributed by atoms with Crippen LogP contribution in [0.25, 0.3) is 0 Å². The third-order valence-electron chi connectivity index (χ3n) is 2.42. The molecule has 0 fully saturated rings. The van der Waals surface area contributed by atoms with Crippen molar-refractivity contribution in [2.45, 2.75) is 23.5 Å². The molecule has 102 valence electrons. The van der Waals surface area contributed by atoms with Gasteiger partial charge in [-0.1, -0.05) is 0 Å². The molecule has 0 aliphatic carbocycles. The molecule has 0 unspecified atom stereocenters. The minimum Gasteiger partial charge on any atom is -0.210 e. The minimum absolute atomic E-state index is 0.0424. The molecular formula is C11H15BrFNO2S2. The summed E-state index contributed by atoms with van der Waals surface area (Å²) in [4.78, 5) is 0.0424. The van der Waals surface area contributed by atoms with Gasteiger partial charge in [0.1, 0.15) is 5.82 Å². The van der Waals surface area contributed by atoms with Crippen molar-refractivity contribution in [1.82, 2.24) is 4.72 Å². The Labute approximate surface area is 120 Å². The molecule has 1 aromatic carbocycles. The van der Waals surface area contributed by atoms with Crippen molar-refractivity contribution in [3.05, 3.63) is 28.5 Å². The standard InChI is InChI=1S/C11H15BrFNO2S2/c1-11(2,17-3)7-14-18(15,16)10-5-4-8(13)6-9(10)12/h4-6,14H,7H2,1-3H3. The van der Waals surface area contributed by atoms with Crippen molar-refractivity contribution >= 4 is 37.7 Å². The van der Waals surface area contributed by atoms with E-state index >= 15 is 0 Å². The van der Waals surface area contributed by atoms with Gasteiger partial charge in [-0.2, -0.15) is 11.8 Å². The van der Waals surface area contributed by atoms with Crippen LogP contribution in [0.3, 0.4) is 0 Å². The third kappa shape index (κ3) is 4.22. The number of halogens is 2. The first-order valence-electron chi connectivity index (χ1n) is 5.18. The first-order chi connectivity index (χ1) is 8.18. The van der Waals surface area contributed by atoms with Crippen LogP contribution >= 0.6 is 27.7 Å². The molecule has 7 heteroatoms. The van der Waals surface area contributed by atoms with E-state index in [4.69, 9.17) is 0 Å². The molecule has 1 N–H and O–H groups in total. The summed E-state index contributed by atoms with van der Waals surface area (Å²) < 4.78 is 39.6. The largest absolute Gasteiger partial charge is 0.241 e. The van der Waals surface area contributed by atoms with Gasteiger partial charge in [-0.05, 0) is 54.2 Å². The Morgan fingerprint density at radius 2 is 2.06 bits per heavy atom. The Morgan fingerprint density at radius 1 is 1.44 bits per heavy atom. The summed E-state index contributed by atoms with van der Waals surface area (Å²) in [6, 6.07) is 3.50. The fraction of sp³-hybridized carbons (Fsp3) is 0.455. The lowest BCUT2D eigenvalue weighted by molar-refractivity contribution is 0.569. The molecule has 0 aliphatic rings. The van der Waals surface area contributed by atoms with Crippen LogP contribution in [0.2, 0.25) is 0 Å². The molecule has 0 radical (unpaired) electrons. The highest BCUT2D eigenvalue weighted by atomic mass is 79.9. The Kier molecular flexibility index (Phi) is 5.22. The molecule has 1 aromatic rings. The van der Waals surface area contributed by atoms with E-state index in [9.17, 15) is 12.8 Å². The fourth-order valence-corrected chi connectivity index (χ4v) is 3.68. The van der Waals surface area contributed by atoms with Gasteiger partial charge in [0.25, 0.3) is 0 Å². The highest BCUT2D eigenvalue weighted by molar-refractivity contribution is 9.10. The second-order valence-corrected chi connectivity index (χ2v) is 8.47. The Balaban J connectivity index is 2.94. The van der Waals surface area contributed by atoms with Crippen LogP contribution in [0.5, 0.6) is 0 Å². The van der Waals surface area contributed by atoms with E-state index in [1.165, 1.54) is 6.07 Å². The topological polar surface area (TPSA) is 46.2 Å². The van der Waals surface area contributed by atoms with Crippen molar-refractivity contribution < 1.29 is 12.8 Å². The van der Waals surface area contributed by atoms with Gasteiger partial charge in [0.05, 0.1) is 4.90 Å². The molecule has 1 rings (SSSR count). The van der Waals surface area contributed by atoms with E-state index in [-0.39, 0.29) is 14.1 Å². The van der Waals surface area contributed by atoms with Crippen molar-refractivity contribution in [1.29, 1.82) is 0 Å². The van der Waals surface area contributed by atoms with Gasteiger partial charge < -0.3 is 0 Å². The maximum absolute atomic E-state index is 12.9. The molecule has 0 spiro atoms. The lowest BCUT2D eigenvalue weighted by atomic mass is 10.2.